The van der Waals surface area contributed by atoms with Crippen molar-refractivity contribution in [3.63, 3.8) is 0 Å². The first-order chi connectivity index (χ1) is 8.66. The molecule has 0 unspecified atom stereocenters. The van der Waals surface area contributed by atoms with E-state index in [1.807, 2.05) is 0 Å². The molecule has 0 amide bonds. The minimum absolute atomic E-state index is 0.0255. The maximum Gasteiger partial charge on any atom is 0.234 e. The van der Waals surface area contributed by atoms with E-state index in [1.54, 1.807) is 7.11 Å². The lowest BCUT2D eigenvalue weighted by atomic mass is 9.93. The predicted molar refractivity (Wildman–Crippen MR) is 65.1 cm³/mol. The van der Waals surface area contributed by atoms with Gasteiger partial charge in [-0.2, -0.15) is 4.98 Å². The van der Waals surface area contributed by atoms with Crippen LogP contribution in [-0.4, -0.2) is 23.0 Å². The zero-order valence-electron chi connectivity index (χ0n) is 11.1. The average molecular weight is 252 g/mol. The number of ether oxygens (including phenoxy) is 1. The fourth-order valence-corrected chi connectivity index (χ4v) is 2.54. The highest BCUT2D eigenvalue weighted by Gasteiger charge is 2.37. The van der Waals surface area contributed by atoms with Crippen LogP contribution >= 0.6 is 0 Å². The molecule has 5 nitrogen and oxygen atoms in total. The molecule has 1 aliphatic carbocycles. The van der Waals surface area contributed by atoms with Gasteiger partial charge >= 0.3 is 0 Å². The van der Waals surface area contributed by atoms with Gasteiger partial charge in [-0.15, -0.1) is 0 Å². The SMILES string of the molecule is COC1(c2noc(CC(C)=O)n2)CCCCCC1. The van der Waals surface area contributed by atoms with E-state index in [1.165, 1.54) is 19.8 Å². The van der Waals surface area contributed by atoms with Gasteiger partial charge in [0, 0.05) is 7.11 Å². The van der Waals surface area contributed by atoms with Crippen molar-refractivity contribution in [3.8, 4) is 0 Å². The summed E-state index contributed by atoms with van der Waals surface area (Å²) in [7, 11) is 1.70. The molecule has 0 aliphatic heterocycles. The summed E-state index contributed by atoms with van der Waals surface area (Å²) in [6.45, 7) is 1.52. The number of aromatic nitrogens is 2. The molecule has 1 aromatic rings. The fraction of sp³-hybridized carbons (Fsp3) is 0.769. The highest BCUT2D eigenvalue weighted by atomic mass is 16.5. The maximum atomic E-state index is 11.0. The number of ketones is 1. The molecular formula is C13H20N2O3. The first-order valence-corrected chi connectivity index (χ1v) is 6.54. The molecule has 0 radical (unpaired) electrons. The number of hydrogen-bond donors (Lipinski definition) is 0. The molecule has 1 heterocycles. The third-order valence-corrected chi connectivity index (χ3v) is 3.58. The van der Waals surface area contributed by atoms with Gasteiger partial charge in [-0.25, -0.2) is 0 Å². The minimum atomic E-state index is -0.422. The van der Waals surface area contributed by atoms with E-state index < -0.39 is 5.60 Å². The van der Waals surface area contributed by atoms with Crippen molar-refractivity contribution in [1.29, 1.82) is 0 Å². The Kier molecular flexibility index (Phi) is 4.11. The number of hydrogen-bond acceptors (Lipinski definition) is 5. The topological polar surface area (TPSA) is 65.2 Å². The van der Waals surface area contributed by atoms with Crippen LogP contribution in [0.2, 0.25) is 0 Å². The molecular weight excluding hydrogens is 232 g/mol. The van der Waals surface area contributed by atoms with Gasteiger partial charge in [-0.3, -0.25) is 4.79 Å². The summed E-state index contributed by atoms with van der Waals surface area (Å²) in [5.41, 5.74) is -0.422. The molecule has 2 rings (SSSR count). The van der Waals surface area contributed by atoms with Gasteiger partial charge in [0.05, 0.1) is 6.42 Å². The van der Waals surface area contributed by atoms with E-state index in [0.29, 0.717) is 11.7 Å². The van der Waals surface area contributed by atoms with Crippen molar-refractivity contribution in [1.82, 2.24) is 10.1 Å². The Hall–Kier alpha value is -1.23. The van der Waals surface area contributed by atoms with E-state index in [2.05, 4.69) is 10.1 Å². The molecule has 0 spiro atoms. The smallest absolute Gasteiger partial charge is 0.234 e. The van der Waals surface area contributed by atoms with Crippen molar-refractivity contribution >= 4 is 5.78 Å². The van der Waals surface area contributed by atoms with E-state index >= 15 is 0 Å². The minimum Gasteiger partial charge on any atom is -0.370 e. The summed E-state index contributed by atoms with van der Waals surface area (Å²) < 4.78 is 10.8. The monoisotopic (exact) mass is 252 g/mol. The molecule has 0 N–H and O–H groups in total. The van der Waals surface area contributed by atoms with Crippen molar-refractivity contribution in [2.75, 3.05) is 7.11 Å². The summed E-state index contributed by atoms with van der Waals surface area (Å²) >= 11 is 0. The van der Waals surface area contributed by atoms with Crippen LogP contribution in [0.4, 0.5) is 0 Å². The largest absolute Gasteiger partial charge is 0.370 e. The van der Waals surface area contributed by atoms with Crippen LogP contribution in [0.25, 0.3) is 0 Å². The zero-order valence-corrected chi connectivity index (χ0v) is 11.1. The molecule has 1 fully saturated rings. The van der Waals surface area contributed by atoms with E-state index in [-0.39, 0.29) is 12.2 Å². The highest BCUT2D eigenvalue weighted by molar-refractivity contribution is 5.77. The lowest BCUT2D eigenvalue weighted by Gasteiger charge is -2.27. The van der Waals surface area contributed by atoms with Gasteiger partial charge in [-0.1, -0.05) is 30.8 Å². The summed E-state index contributed by atoms with van der Waals surface area (Å²) in [4.78, 5) is 15.4. The Labute approximate surface area is 107 Å². The average Bonchev–Trinajstić information content (AvgIpc) is 2.66. The third kappa shape index (κ3) is 2.77. The Bertz CT molecular complexity index is 406. The summed E-state index contributed by atoms with van der Waals surface area (Å²) in [5, 5.41) is 4.01. The van der Waals surface area contributed by atoms with Crippen LogP contribution in [0.5, 0.6) is 0 Å². The van der Waals surface area contributed by atoms with E-state index in [9.17, 15) is 4.79 Å². The summed E-state index contributed by atoms with van der Waals surface area (Å²) in [6.07, 6.45) is 6.72. The van der Waals surface area contributed by atoms with Gasteiger partial charge in [0.25, 0.3) is 0 Å². The lowest BCUT2D eigenvalue weighted by Crippen LogP contribution is -2.29. The van der Waals surface area contributed by atoms with Crippen LogP contribution < -0.4 is 0 Å². The summed E-state index contributed by atoms with van der Waals surface area (Å²) in [5.74, 6) is 1.01. The first kappa shape index (κ1) is 13.2. The van der Waals surface area contributed by atoms with Crippen molar-refractivity contribution in [2.24, 2.45) is 0 Å². The molecule has 18 heavy (non-hydrogen) atoms. The van der Waals surface area contributed by atoms with E-state index in [4.69, 9.17) is 9.26 Å². The van der Waals surface area contributed by atoms with Gasteiger partial charge in [0.2, 0.25) is 11.7 Å². The van der Waals surface area contributed by atoms with Gasteiger partial charge in [0.15, 0.2) is 0 Å². The van der Waals surface area contributed by atoms with Crippen molar-refractivity contribution < 1.29 is 14.1 Å². The van der Waals surface area contributed by atoms with Gasteiger partial charge in [-0.05, 0) is 19.8 Å². The second-order valence-electron chi connectivity index (χ2n) is 5.00. The lowest BCUT2D eigenvalue weighted by molar-refractivity contribution is -0.116. The molecule has 1 aliphatic rings. The van der Waals surface area contributed by atoms with Crippen molar-refractivity contribution in [2.45, 2.75) is 57.5 Å². The molecule has 0 aromatic carbocycles. The number of Topliss-reactive ketones (excluding diaryl/α,β-unsaturated/α-hetero) is 1. The second-order valence-corrected chi connectivity index (χ2v) is 5.00. The second kappa shape index (κ2) is 5.61. The molecule has 0 saturated heterocycles. The first-order valence-electron chi connectivity index (χ1n) is 6.54. The van der Waals surface area contributed by atoms with Crippen LogP contribution in [0.1, 0.15) is 57.2 Å². The quantitative estimate of drug-likeness (QED) is 0.770. The Balaban J connectivity index is 2.20. The van der Waals surface area contributed by atoms with E-state index in [0.717, 1.165) is 25.7 Å². The Morgan fingerprint density at radius 2 is 2.00 bits per heavy atom. The number of methoxy groups -OCH3 is 1. The maximum absolute atomic E-state index is 11.0. The Morgan fingerprint density at radius 1 is 1.33 bits per heavy atom. The summed E-state index contributed by atoms with van der Waals surface area (Å²) in [6, 6.07) is 0. The highest BCUT2D eigenvalue weighted by Crippen LogP contribution is 2.37. The van der Waals surface area contributed by atoms with Crippen molar-refractivity contribution in [3.05, 3.63) is 11.7 Å². The normalized spacial score (nSPS) is 19.4. The molecule has 0 bridgehead atoms. The molecule has 0 atom stereocenters. The zero-order chi connectivity index (χ0) is 13.0. The molecule has 1 aromatic heterocycles. The third-order valence-electron chi connectivity index (χ3n) is 3.58. The standard InChI is InChI=1S/C13H20N2O3/c1-10(16)9-11-14-12(15-18-11)13(17-2)7-5-3-4-6-8-13/h3-9H2,1-2H3. The van der Waals surface area contributed by atoms with Gasteiger partial charge in [0.1, 0.15) is 11.4 Å². The van der Waals surface area contributed by atoms with Gasteiger partial charge < -0.3 is 9.26 Å². The number of carbonyl (C=O) groups excluding carboxylic acids is 1. The molecule has 1 saturated carbocycles. The van der Waals surface area contributed by atoms with Crippen LogP contribution in [0.15, 0.2) is 4.52 Å². The van der Waals surface area contributed by atoms with Crippen LogP contribution in [0, 0.1) is 0 Å². The molecule has 100 valence electrons. The number of rotatable bonds is 4. The number of carbonyl (C=O) groups is 1. The predicted octanol–water partition coefficient (Wildman–Crippen LogP) is 2.40. The van der Waals surface area contributed by atoms with Crippen LogP contribution in [0.3, 0.4) is 0 Å². The van der Waals surface area contributed by atoms with Crippen LogP contribution in [-0.2, 0) is 21.6 Å². The Morgan fingerprint density at radius 3 is 2.56 bits per heavy atom. The fourth-order valence-electron chi connectivity index (χ4n) is 2.54. The number of nitrogens with zero attached hydrogens (tertiary/aromatic N) is 2. The molecule has 5 heteroatoms.